The molecule has 0 fully saturated rings. The number of anilines is 11. The molecule has 19 heterocycles. The van der Waals surface area contributed by atoms with E-state index in [4.69, 9.17) is 48.6 Å². The summed E-state index contributed by atoms with van der Waals surface area (Å²) in [6, 6.07) is 50.2. The van der Waals surface area contributed by atoms with E-state index >= 15 is 0 Å². The van der Waals surface area contributed by atoms with Gasteiger partial charge in [-0.05, 0) is 150 Å². The van der Waals surface area contributed by atoms with Gasteiger partial charge in [0, 0.05) is 223 Å². The van der Waals surface area contributed by atoms with Crippen LogP contribution in [0.15, 0.2) is 303 Å². The Morgan fingerprint density at radius 3 is 1.01 bits per heavy atom. The van der Waals surface area contributed by atoms with Crippen molar-refractivity contribution in [3.63, 3.8) is 0 Å². The lowest BCUT2D eigenvalue weighted by Crippen LogP contribution is -2.15. The number of nitrogens with one attached hydrogen (secondary N) is 6. The van der Waals surface area contributed by atoms with Gasteiger partial charge in [0.1, 0.15) is 12.4 Å². The molecule has 25 rings (SSSR count). The summed E-state index contributed by atoms with van der Waals surface area (Å²) in [4.78, 5) is 80.1. The molecule has 0 saturated carbocycles. The lowest BCUT2D eigenvalue weighted by molar-refractivity contribution is 0.346. The van der Waals surface area contributed by atoms with Crippen LogP contribution in [-0.2, 0) is 32.5 Å². The molecule has 5 aromatic carbocycles. The number of nitrogens with zero attached hydrogens (tertiary/aromatic N) is 23. The molecule has 1 aliphatic carbocycles. The number of hydrogen-bond acceptors (Lipinski definition) is 29. The second-order valence-electron chi connectivity index (χ2n) is 32.0. The first-order valence-corrected chi connectivity index (χ1v) is 43.6. The third-order valence-electron chi connectivity index (χ3n) is 23.0. The van der Waals surface area contributed by atoms with Crippen LogP contribution in [0.3, 0.4) is 0 Å². The molecular formula is C102H85N29O5. The van der Waals surface area contributed by atoms with E-state index in [2.05, 4.69) is 176 Å². The van der Waals surface area contributed by atoms with Gasteiger partial charge in [0.15, 0.2) is 57.3 Å². The van der Waals surface area contributed by atoms with Crippen molar-refractivity contribution in [2.24, 2.45) is 15.0 Å². The summed E-state index contributed by atoms with van der Waals surface area (Å²) in [5.74, 6) is 6.31. The molecule has 34 heteroatoms. The van der Waals surface area contributed by atoms with Gasteiger partial charge in [-0.2, -0.15) is 0 Å². The Morgan fingerprint density at radius 1 is 0.331 bits per heavy atom. The molecule has 0 amide bonds. The highest BCUT2D eigenvalue weighted by Gasteiger charge is 2.23. The molecule has 0 spiro atoms. The summed E-state index contributed by atoms with van der Waals surface area (Å²) < 4.78 is 36.3. The van der Waals surface area contributed by atoms with Crippen molar-refractivity contribution in [3.8, 4) is 85.6 Å². The summed E-state index contributed by atoms with van der Waals surface area (Å²) in [5.41, 5.74) is 30.3. The van der Waals surface area contributed by atoms with E-state index in [-0.39, 0.29) is 0 Å². The van der Waals surface area contributed by atoms with Crippen LogP contribution in [0.1, 0.15) is 56.6 Å². The standard InChI is InChI=1S/C21H18N6O2.C21H19N5O.2C20H16N6O.C20H16N6/c1-13-12-29-18-4-3-14(9-16(18)24-13)17-11-27-8-7-23-21(27)20(26-17)25-15-5-6-22-19(10-15)28-2;1-27-19-12-17(7-8-22-19)24-20-21-23-9-10-26(21)13-18(25-20)16-6-5-14-3-2-4-15(14)11-16;2*1-27-18-9-16(4-5-22-18)24-19-20-23-6-7-26(20)12-17(25-19)13-2-3-14-10-21-11-15(14)8-13;1-13-2-5-17(11-23-13)24-19-20-22-6-7-26(20)12-18(25-19)14-3-4-15-9-21-10-16(15)8-14/h3-11,24H,1,12H2,2H3,(H,22,25,26);5-13H,2-4H2,1H3,(H,22,24,25);2*2-10,12H,11H2,1H3,(H,22,24,25);2-9,11-12H,10H2,1H3,(H,24,25). The molecule has 4 aliphatic heterocycles. The first-order valence-electron chi connectivity index (χ1n) is 43.6. The maximum absolute atomic E-state index is 5.68. The summed E-state index contributed by atoms with van der Waals surface area (Å²) in [6.07, 6.45) is 46.2. The molecule has 5 aliphatic rings. The second kappa shape index (κ2) is 37.5. The molecule has 0 radical (unpaired) electrons. The average Bonchev–Trinajstić information content (AvgIpc) is 1.62. The number of methoxy groups -OCH3 is 4. The van der Waals surface area contributed by atoms with Gasteiger partial charge in [-0.1, -0.05) is 55.1 Å². The quantitative estimate of drug-likeness (QED) is 0.0438. The molecule has 15 aromatic heterocycles. The van der Waals surface area contributed by atoms with Crippen molar-refractivity contribution in [1.82, 2.24) is 96.8 Å². The molecule has 0 atom stereocenters. The van der Waals surface area contributed by atoms with Crippen molar-refractivity contribution in [2.75, 3.05) is 66.9 Å². The predicted molar refractivity (Wildman–Crippen MR) is 525 cm³/mol. The fraction of sp³-hybridized carbons (Fsp3) is 0.118. The number of benzene rings is 5. The van der Waals surface area contributed by atoms with Gasteiger partial charge in [0.05, 0.1) is 94.1 Å². The van der Waals surface area contributed by atoms with Crippen molar-refractivity contribution < 1.29 is 23.7 Å². The highest BCUT2D eigenvalue weighted by molar-refractivity contribution is 5.89. The van der Waals surface area contributed by atoms with Crippen LogP contribution in [0, 0.1) is 6.92 Å². The third kappa shape index (κ3) is 18.3. The molecule has 20 aromatic rings. The van der Waals surface area contributed by atoms with Gasteiger partial charge in [-0.3, -0.25) is 20.0 Å². The molecule has 668 valence electrons. The number of hydrogen-bond donors (Lipinski definition) is 6. The minimum atomic E-state index is 0.467. The fourth-order valence-electron chi connectivity index (χ4n) is 16.2. The zero-order valence-corrected chi connectivity index (χ0v) is 74.2. The van der Waals surface area contributed by atoms with Crippen LogP contribution in [0.4, 0.5) is 63.2 Å². The van der Waals surface area contributed by atoms with Gasteiger partial charge in [-0.15, -0.1) is 0 Å². The van der Waals surface area contributed by atoms with E-state index in [0.717, 1.165) is 162 Å². The Balaban J connectivity index is 0.000000102. The van der Waals surface area contributed by atoms with Crippen LogP contribution in [0.5, 0.6) is 29.3 Å². The predicted octanol–water partition coefficient (Wildman–Crippen LogP) is 18.6. The van der Waals surface area contributed by atoms with Gasteiger partial charge in [0.2, 0.25) is 23.5 Å². The molecule has 34 nitrogen and oxygen atoms in total. The summed E-state index contributed by atoms with van der Waals surface area (Å²) >= 11 is 0. The van der Waals surface area contributed by atoms with Gasteiger partial charge in [0.25, 0.3) is 0 Å². The molecule has 0 unspecified atom stereocenters. The summed E-state index contributed by atoms with van der Waals surface area (Å²) in [7, 11) is 6.37. The Morgan fingerprint density at radius 2 is 0.662 bits per heavy atom. The van der Waals surface area contributed by atoms with E-state index in [9.17, 15) is 0 Å². The lowest BCUT2D eigenvalue weighted by atomic mass is 10.0. The molecular weight excluding hydrogens is 1710 g/mol. The monoisotopic (exact) mass is 1800 g/mol. The number of aromatic nitrogens is 20. The van der Waals surface area contributed by atoms with Crippen molar-refractivity contribution in [1.29, 1.82) is 0 Å². The average molecular weight is 1800 g/mol. The topological polar surface area (TPSA) is 371 Å². The summed E-state index contributed by atoms with van der Waals surface area (Å²) in [6.45, 7) is 8.54. The number of pyridine rings is 5. The van der Waals surface area contributed by atoms with Crippen LogP contribution < -0.4 is 55.6 Å². The lowest BCUT2D eigenvalue weighted by Gasteiger charge is -2.21. The van der Waals surface area contributed by atoms with Gasteiger partial charge >= 0.3 is 0 Å². The van der Waals surface area contributed by atoms with Crippen LogP contribution in [-0.4, -0.2) is 150 Å². The Hall–Kier alpha value is -18.5. The van der Waals surface area contributed by atoms with Gasteiger partial charge < -0.3 is 77.6 Å². The van der Waals surface area contributed by atoms with Crippen LogP contribution in [0.2, 0.25) is 0 Å². The highest BCUT2D eigenvalue weighted by atomic mass is 16.5. The zero-order chi connectivity index (χ0) is 92.0. The molecule has 136 heavy (non-hydrogen) atoms. The number of aliphatic imine (C=N–C) groups is 3. The second-order valence-corrected chi connectivity index (χ2v) is 32.0. The number of rotatable bonds is 19. The maximum Gasteiger partial charge on any atom is 0.214 e. The Bertz CT molecular complexity index is 7660. The maximum atomic E-state index is 5.68. The van der Waals surface area contributed by atoms with E-state index in [1.165, 1.54) is 57.3 Å². The number of imidazole rings is 5. The minimum absolute atomic E-state index is 0.467. The number of fused-ring (bicyclic) bond motifs is 10. The fourth-order valence-corrected chi connectivity index (χ4v) is 16.2. The zero-order valence-electron chi connectivity index (χ0n) is 74.2. The normalized spacial score (nSPS) is 12.6. The van der Waals surface area contributed by atoms with E-state index in [0.29, 0.717) is 59.2 Å². The number of ether oxygens (including phenoxy) is 5. The third-order valence-corrected chi connectivity index (χ3v) is 23.0. The molecule has 0 saturated heterocycles. The first-order chi connectivity index (χ1) is 66.8. The largest absolute Gasteiger partial charge is 0.485 e. The van der Waals surface area contributed by atoms with Crippen molar-refractivity contribution in [3.05, 3.63) is 338 Å². The Kier molecular flexibility index (Phi) is 23.3. The van der Waals surface area contributed by atoms with Crippen molar-refractivity contribution >= 4 is 110 Å². The number of aryl methyl sites for hydroxylation is 3. The minimum Gasteiger partial charge on any atom is -0.485 e. The summed E-state index contributed by atoms with van der Waals surface area (Å²) in [5, 5.41) is 19.9. The highest BCUT2D eigenvalue weighted by Crippen LogP contribution is 2.39. The first kappa shape index (κ1) is 84.3. The van der Waals surface area contributed by atoms with Crippen LogP contribution >= 0.6 is 0 Å². The van der Waals surface area contributed by atoms with E-state index < -0.39 is 0 Å². The van der Waals surface area contributed by atoms with Crippen molar-refractivity contribution in [2.45, 2.75) is 45.8 Å². The molecule has 0 bridgehead atoms. The SMILES string of the molecule is C=C1COc2ccc(-c3cn4ccnc4c(Nc4ccnc(OC)c4)n3)cc2N1.COc1cc(Nc2nc(-c3ccc4c(c3)CCC4)cn3ccnc23)ccn1.COc1cc(Nc2nc(-c3ccc4c(c3)CN=C4)cn3ccnc23)ccn1.COc1cc(Nc2nc(-c3ccc4c(c3)CN=C4)cn3ccnc23)ccn1.Cc1ccc(Nc2nc(-c3ccc4c(c3)CN=C4)cn3ccnc23)cn1. The van der Waals surface area contributed by atoms with Gasteiger partial charge in [-0.25, -0.2) is 69.8 Å². The smallest absolute Gasteiger partial charge is 0.214 e. The molecule has 6 N–H and O–H groups in total. The van der Waals surface area contributed by atoms with Crippen LogP contribution in [0.25, 0.3) is 84.5 Å². The Labute approximate surface area is 777 Å². The van der Waals surface area contributed by atoms with E-state index in [1.807, 2.05) is 182 Å². The van der Waals surface area contributed by atoms with E-state index in [1.54, 1.807) is 96.5 Å².